The van der Waals surface area contributed by atoms with Gasteiger partial charge in [-0.2, -0.15) is 5.06 Å². The Kier molecular flexibility index (Phi) is 7.10. The van der Waals surface area contributed by atoms with E-state index in [0.29, 0.717) is 17.9 Å². The van der Waals surface area contributed by atoms with Crippen LogP contribution in [0, 0.1) is 0 Å². The summed E-state index contributed by atoms with van der Waals surface area (Å²) in [6, 6.07) is 15.0. The predicted molar refractivity (Wildman–Crippen MR) is 135 cm³/mol. The van der Waals surface area contributed by atoms with Crippen molar-refractivity contribution in [3.8, 4) is 5.75 Å². The summed E-state index contributed by atoms with van der Waals surface area (Å²) in [5.41, 5.74) is 1.69. The summed E-state index contributed by atoms with van der Waals surface area (Å²) >= 11 is 0. The van der Waals surface area contributed by atoms with E-state index in [1.54, 1.807) is 22.1 Å². The van der Waals surface area contributed by atoms with Gasteiger partial charge in [0.25, 0.3) is 0 Å². The van der Waals surface area contributed by atoms with Crippen LogP contribution in [-0.4, -0.2) is 61.4 Å². The molecule has 2 heterocycles. The van der Waals surface area contributed by atoms with Crippen LogP contribution in [0.1, 0.15) is 50.9 Å². The van der Waals surface area contributed by atoms with Crippen LogP contribution < -0.4 is 14.7 Å². The van der Waals surface area contributed by atoms with E-state index in [9.17, 15) is 9.59 Å². The van der Waals surface area contributed by atoms with Crippen LogP contribution in [0.3, 0.4) is 0 Å². The van der Waals surface area contributed by atoms with Gasteiger partial charge in [0.05, 0.1) is 17.8 Å². The third-order valence-corrected chi connectivity index (χ3v) is 6.22. The first-order valence-corrected chi connectivity index (χ1v) is 12.2. The predicted octanol–water partition coefficient (Wildman–Crippen LogP) is 4.88. The van der Waals surface area contributed by atoms with Crippen molar-refractivity contribution in [1.29, 1.82) is 0 Å². The van der Waals surface area contributed by atoms with Crippen molar-refractivity contribution in [2.75, 3.05) is 36.6 Å². The molecule has 1 fully saturated rings. The van der Waals surface area contributed by atoms with E-state index in [1.165, 1.54) is 0 Å². The largest absolute Gasteiger partial charge is 0.484 e. The molecule has 2 aliphatic heterocycles. The summed E-state index contributed by atoms with van der Waals surface area (Å²) in [7, 11) is 1.81. The van der Waals surface area contributed by atoms with Gasteiger partial charge in [-0.3, -0.25) is 0 Å². The third-order valence-electron chi connectivity index (χ3n) is 6.22. The molecule has 0 N–H and O–H groups in total. The lowest BCUT2D eigenvalue weighted by Gasteiger charge is -2.40. The van der Waals surface area contributed by atoms with Gasteiger partial charge in [-0.15, -0.1) is 0 Å². The van der Waals surface area contributed by atoms with E-state index in [0.717, 1.165) is 37.3 Å². The lowest BCUT2D eigenvalue weighted by molar-refractivity contribution is 0.0199. The van der Waals surface area contributed by atoms with Crippen LogP contribution in [0.25, 0.3) is 0 Å². The van der Waals surface area contributed by atoms with Crippen LogP contribution in [-0.2, 0) is 9.57 Å². The molecule has 1 saturated heterocycles. The Balaban J connectivity index is 1.46. The number of para-hydroxylation sites is 1. The summed E-state index contributed by atoms with van der Waals surface area (Å²) in [6.07, 6.45) is 1.20. The molecule has 8 heteroatoms. The minimum Gasteiger partial charge on any atom is -0.484 e. The minimum atomic E-state index is -0.515. The van der Waals surface area contributed by atoms with Crippen molar-refractivity contribution in [2.24, 2.45) is 0 Å². The van der Waals surface area contributed by atoms with Crippen molar-refractivity contribution in [1.82, 2.24) is 4.90 Å². The second-order valence-corrected chi connectivity index (χ2v) is 10.2. The molecular weight excluding hydrogens is 446 g/mol. The van der Waals surface area contributed by atoms with Crippen LogP contribution in [0.2, 0.25) is 0 Å². The average molecular weight is 482 g/mol. The van der Waals surface area contributed by atoms with Gasteiger partial charge in [-0.25, -0.2) is 9.59 Å². The van der Waals surface area contributed by atoms with Crippen molar-refractivity contribution < 1.29 is 23.9 Å². The lowest BCUT2D eigenvalue weighted by Crippen LogP contribution is -2.47. The number of benzene rings is 2. The first-order chi connectivity index (χ1) is 16.6. The molecular formula is C27H35N3O5. The number of ether oxygens (including phenoxy) is 2. The normalized spacial score (nSPS) is 18.4. The standard InChI is InChI=1S/C27H35N3O5/c1-19-18-30(35-25(31)20-10-7-6-8-11-20)23-13-9-12-22(24(23)33-19)29-16-14-21(15-17-29)28(5)26(32)34-27(2,3)4/h6-13,19,21H,14-18H2,1-5H3/t19-/m1/s1. The molecule has 0 aliphatic carbocycles. The maximum atomic E-state index is 12.7. The summed E-state index contributed by atoms with van der Waals surface area (Å²) in [5, 5.41) is 1.63. The first-order valence-electron chi connectivity index (χ1n) is 12.2. The lowest BCUT2D eigenvalue weighted by atomic mass is 10.0. The van der Waals surface area contributed by atoms with Gasteiger partial charge >= 0.3 is 12.1 Å². The molecule has 0 unspecified atom stereocenters. The van der Waals surface area contributed by atoms with Crippen LogP contribution >= 0.6 is 0 Å². The Morgan fingerprint density at radius 1 is 1.00 bits per heavy atom. The maximum Gasteiger partial charge on any atom is 0.410 e. The number of amides is 1. The monoisotopic (exact) mass is 481 g/mol. The molecule has 1 amide bonds. The average Bonchev–Trinajstić information content (AvgIpc) is 2.83. The third kappa shape index (κ3) is 5.81. The van der Waals surface area contributed by atoms with Crippen LogP contribution in [0.4, 0.5) is 16.2 Å². The van der Waals surface area contributed by atoms with Crippen molar-refractivity contribution in [2.45, 2.75) is 58.3 Å². The zero-order valence-electron chi connectivity index (χ0n) is 21.2. The highest BCUT2D eigenvalue weighted by molar-refractivity contribution is 5.90. The smallest absolute Gasteiger partial charge is 0.410 e. The highest BCUT2D eigenvalue weighted by Crippen LogP contribution is 2.42. The summed E-state index contributed by atoms with van der Waals surface area (Å²) in [5.74, 6) is 0.313. The molecule has 35 heavy (non-hydrogen) atoms. The summed E-state index contributed by atoms with van der Waals surface area (Å²) < 4.78 is 11.8. The van der Waals surface area contributed by atoms with E-state index in [4.69, 9.17) is 14.3 Å². The number of anilines is 2. The van der Waals surface area contributed by atoms with Gasteiger partial charge < -0.3 is 24.1 Å². The summed E-state index contributed by atoms with van der Waals surface area (Å²) in [4.78, 5) is 34.9. The Hall–Kier alpha value is -3.42. The molecule has 0 radical (unpaired) electrons. The van der Waals surface area contributed by atoms with E-state index >= 15 is 0 Å². The van der Waals surface area contributed by atoms with Gasteiger partial charge in [0, 0.05) is 26.2 Å². The molecule has 0 bridgehead atoms. The molecule has 0 aromatic heterocycles. The zero-order chi connectivity index (χ0) is 25.2. The fraction of sp³-hybridized carbons (Fsp3) is 0.481. The molecule has 188 valence electrons. The topological polar surface area (TPSA) is 71.6 Å². The van der Waals surface area contributed by atoms with E-state index in [1.807, 2.05) is 71.1 Å². The Labute approximate surface area is 207 Å². The number of hydrogen-bond acceptors (Lipinski definition) is 7. The second-order valence-electron chi connectivity index (χ2n) is 10.2. The van der Waals surface area contributed by atoms with Crippen LogP contribution in [0.5, 0.6) is 5.75 Å². The number of rotatable bonds is 4. The first kappa shape index (κ1) is 24.7. The zero-order valence-corrected chi connectivity index (χ0v) is 21.2. The van der Waals surface area contributed by atoms with Crippen molar-refractivity contribution in [3.63, 3.8) is 0 Å². The number of hydroxylamine groups is 1. The number of carbonyl (C=O) groups is 2. The van der Waals surface area contributed by atoms with Crippen molar-refractivity contribution in [3.05, 3.63) is 54.1 Å². The molecule has 1 atom stereocenters. The highest BCUT2D eigenvalue weighted by atomic mass is 16.7. The molecule has 2 aromatic carbocycles. The van der Waals surface area contributed by atoms with Gasteiger partial charge in [0.1, 0.15) is 17.4 Å². The van der Waals surface area contributed by atoms with Crippen LogP contribution in [0.15, 0.2) is 48.5 Å². The molecule has 2 aliphatic rings. The van der Waals surface area contributed by atoms with E-state index < -0.39 is 11.6 Å². The highest BCUT2D eigenvalue weighted by Gasteiger charge is 2.33. The number of piperidine rings is 1. The fourth-order valence-electron chi connectivity index (χ4n) is 4.44. The van der Waals surface area contributed by atoms with E-state index in [2.05, 4.69) is 4.90 Å². The Morgan fingerprint density at radius 2 is 1.66 bits per heavy atom. The molecule has 0 saturated carbocycles. The molecule has 4 rings (SSSR count). The molecule has 2 aromatic rings. The fourth-order valence-corrected chi connectivity index (χ4v) is 4.44. The maximum absolute atomic E-state index is 12.7. The number of fused-ring (bicyclic) bond motifs is 1. The number of nitrogens with zero attached hydrogens (tertiary/aromatic N) is 3. The quantitative estimate of drug-likeness (QED) is 0.616. The number of carbonyl (C=O) groups excluding carboxylic acids is 2. The van der Waals surface area contributed by atoms with Gasteiger partial charge in [-0.1, -0.05) is 24.3 Å². The minimum absolute atomic E-state index is 0.115. The van der Waals surface area contributed by atoms with Gasteiger partial charge in [0.2, 0.25) is 0 Å². The number of hydrogen-bond donors (Lipinski definition) is 0. The Bertz CT molecular complexity index is 1040. The SMILES string of the molecule is C[C@@H]1CN(OC(=O)c2ccccc2)c2cccc(N3CCC(N(C)C(=O)OC(C)(C)C)CC3)c2O1. The Morgan fingerprint density at radius 3 is 2.31 bits per heavy atom. The summed E-state index contributed by atoms with van der Waals surface area (Å²) in [6.45, 7) is 9.58. The van der Waals surface area contributed by atoms with Crippen molar-refractivity contribution >= 4 is 23.4 Å². The van der Waals surface area contributed by atoms with E-state index in [-0.39, 0.29) is 18.2 Å². The second kappa shape index (κ2) is 10.1. The molecule has 8 nitrogen and oxygen atoms in total. The van der Waals surface area contributed by atoms with Gasteiger partial charge in [0.15, 0.2) is 5.75 Å². The van der Waals surface area contributed by atoms with Gasteiger partial charge in [-0.05, 0) is 64.8 Å². The molecule has 0 spiro atoms.